The minimum atomic E-state index is -3.32. The molecule has 2 rings (SSSR count). The number of amides is 1. The number of primary amides is 1. The zero-order valence-electron chi connectivity index (χ0n) is 11.6. The van der Waals surface area contributed by atoms with E-state index in [-0.39, 0.29) is 17.6 Å². The van der Waals surface area contributed by atoms with Gasteiger partial charge in [-0.05, 0) is 25.3 Å². The zero-order valence-corrected chi connectivity index (χ0v) is 12.4. The van der Waals surface area contributed by atoms with E-state index in [2.05, 4.69) is 0 Å². The highest BCUT2D eigenvalue weighted by Gasteiger charge is 2.30. The van der Waals surface area contributed by atoms with Crippen LogP contribution < -0.4 is 5.73 Å². The molecule has 6 heteroatoms. The first kappa shape index (κ1) is 15.0. The van der Waals surface area contributed by atoms with Gasteiger partial charge in [0.25, 0.3) is 0 Å². The van der Waals surface area contributed by atoms with Gasteiger partial charge in [0.15, 0.2) is 0 Å². The molecular formula is C14H20N2O3S. The Labute approximate surface area is 119 Å². The van der Waals surface area contributed by atoms with Gasteiger partial charge in [-0.15, -0.1) is 0 Å². The van der Waals surface area contributed by atoms with Gasteiger partial charge in [-0.2, -0.15) is 0 Å². The molecule has 1 aromatic rings. The molecule has 1 saturated heterocycles. The van der Waals surface area contributed by atoms with Crippen LogP contribution in [0.15, 0.2) is 24.3 Å². The Morgan fingerprint density at radius 3 is 2.55 bits per heavy atom. The van der Waals surface area contributed by atoms with Gasteiger partial charge in [0.05, 0.1) is 5.75 Å². The van der Waals surface area contributed by atoms with Gasteiger partial charge in [-0.3, -0.25) is 4.79 Å². The number of carbonyl (C=O) groups excluding carboxylic acids is 1. The first-order chi connectivity index (χ1) is 9.38. The molecule has 0 aromatic heterocycles. The highest BCUT2D eigenvalue weighted by atomic mass is 32.2. The van der Waals surface area contributed by atoms with Gasteiger partial charge in [0.1, 0.15) is 0 Å². The summed E-state index contributed by atoms with van der Waals surface area (Å²) in [7, 11) is -3.32. The quantitative estimate of drug-likeness (QED) is 0.901. The van der Waals surface area contributed by atoms with Gasteiger partial charge in [0, 0.05) is 19.0 Å². The molecule has 0 radical (unpaired) electrons. The van der Waals surface area contributed by atoms with Gasteiger partial charge < -0.3 is 5.73 Å². The Kier molecular flexibility index (Phi) is 4.45. The summed E-state index contributed by atoms with van der Waals surface area (Å²) < 4.78 is 26.2. The van der Waals surface area contributed by atoms with Crippen molar-refractivity contribution in [2.45, 2.75) is 25.5 Å². The fourth-order valence-corrected chi connectivity index (χ4v) is 4.07. The lowest BCUT2D eigenvalue weighted by Gasteiger charge is -2.29. The van der Waals surface area contributed by atoms with Crippen LogP contribution in [0.3, 0.4) is 0 Å². The van der Waals surface area contributed by atoms with Crippen molar-refractivity contribution in [3.05, 3.63) is 35.4 Å². The fourth-order valence-electron chi connectivity index (χ4n) is 2.52. The number of nitrogens with two attached hydrogens (primary N) is 1. The lowest BCUT2D eigenvalue weighted by Crippen LogP contribution is -2.42. The number of carbonyl (C=O) groups is 1. The van der Waals surface area contributed by atoms with E-state index in [0.717, 1.165) is 11.1 Å². The predicted octanol–water partition coefficient (Wildman–Crippen LogP) is 1.02. The standard InChI is InChI=1S/C14H20N2O3S/c1-11-3-2-4-12(9-11)10-20(18,19)16-7-5-13(6-8-16)14(15)17/h2-4,9,13H,5-8,10H2,1H3,(H2,15,17). The molecule has 2 N–H and O–H groups in total. The number of piperidine rings is 1. The van der Waals surface area contributed by atoms with E-state index in [1.165, 1.54) is 4.31 Å². The van der Waals surface area contributed by atoms with E-state index in [0.29, 0.717) is 25.9 Å². The predicted molar refractivity (Wildman–Crippen MR) is 77.3 cm³/mol. The molecule has 1 amide bonds. The molecule has 0 spiro atoms. The molecule has 5 nitrogen and oxygen atoms in total. The molecule has 0 saturated carbocycles. The lowest BCUT2D eigenvalue weighted by molar-refractivity contribution is -0.122. The Balaban J connectivity index is 2.03. The number of nitrogens with zero attached hydrogens (tertiary/aromatic N) is 1. The number of hydrogen-bond acceptors (Lipinski definition) is 3. The average molecular weight is 296 g/mol. The lowest BCUT2D eigenvalue weighted by atomic mass is 9.98. The van der Waals surface area contributed by atoms with Crippen LogP contribution in [0.1, 0.15) is 24.0 Å². The first-order valence-electron chi connectivity index (χ1n) is 6.71. The second kappa shape index (κ2) is 5.93. The monoisotopic (exact) mass is 296 g/mol. The second-order valence-electron chi connectivity index (χ2n) is 5.32. The van der Waals surface area contributed by atoms with Crippen molar-refractivity contribution in [3.63, 3.8) is 0 Å². The van der Waals surface area contributed by atoms with Gasteiger partial charge in [-0.25, -0.2) is 12.7 Å². The zero-order chi connectivity index (χ0) is 14.8. The normalized spacial score (nSPS) is 18.1. The average Bonchev–Trinajstić information content (AvgIpc) is 2.38. The maximum absolute atomic E-state index is 12.4. The highest BCUT2D eigenvalue weighted by molar-refractivity contribution is 7.88. The van der Waals surface area contributed by atoms with Crippen molar-refractivity contribution >= 4 is 15.9 Å². The largest absolute Gasteiger partial charge is 0.369 e. The minimum Gasteiger partial charge on any atom is -0.369 e. The molecule has 1 aliphatic heterocycles. The summed E-state index contributed by atoms with van der Waals surface area (Å²) in [6.07, 6.45) is 1.03. The van der Waals surface area contributed by atoms with Crippen LogP contribution in [0.2, 0.25) is 0 Å². The number of aryl methyl sites for hydroxylation is 1. The maximum atomic E-state index is 12.4. The minimum absolute atomic E-state index is 0.00984. The van der Waals surface area contributed by atoms with E-state index < -0.39 is 10.0 Å². The van der Waals surface area contributed by atoms with Gasteiger partial charge in [0.2, 0.25) is 15.9 Å². The number of benzene rings is 1. The summed E-state index contributed by atoms with van der Waals surface area (Å²) in [5.41, 5.74) is 7.09. The maximum Gasteiger partial charge on any atom is 0.220 e. The van der Waals surface area contributed by atoms with Crippen molar-refractivity contribution in [1.82, 2.24) is 4.31 Å². The molecule has 110 valence electrons. The van der Waals surface area contributed by atoms with Crippen LogP contribution in [-0.4, -0.2) is 31.7 Å². The molecule has 0 aliphatic carbocycles. The summed E-state index contributed by atoms with van der Waals surface area (Å²) in [6, 6.07) is 7.50. The number of sulfonamides is 1. The first-order valence-corrected chi connectivity index (χ1v) is 8.32. The second-order valence-corrected chi connectivity index (χ2v) is 7.29. The molecule has 20 heavy (non-hydrogen) atoms. The topological polar surface area (TPSA) is 80.5 Å². The Bertz CT molecular complexity index is 590. The van der Waals surface area contributed by atoms with E-state index in [4.69, 9.17) is 5.73 Å². The Morgan fingerprint density at radius 2 is 2.00 bits per heavy atom. The third-order valence-electron chi connectivity index (χ3n) is 3.68. The van der Waals surface area contributed by atoms with E-state index in [1.54, 1.807) is 0 Å². The molecule has 1 heterocycles. The summed E-state index contributed by atoms with van der Waals surface area (Å²) in [4.78, 5) is 11.1. The summed E-state index contributed by atoms with van der Waals surface area (Å²) >= 11 is 0. The van der Waals surface area contributed by atoms with Crippen molar-refractivity contribution in [1.29, 1.82) is 0 Å². The van der Waals surface area contributed by atoms with Crippen molar-refractivity contribution in [3.8, 4) is 0 Å². The van der Waals surface area contributed by atoms with E-state index >= 15 is 0 Å². The molecular weight excluding hydrogens is 276 g/mol. The van der Waals surface area contributed by atoms with Crippen LogP contribution in [0.4, 0.5) is 0 Å². The van der Waals surface area contributed by atoms with Crippen LogP contribution in [0.25, 0.3) is 0 Å². The summed E-state index contributed by atoms with van der Waals surface area (Å²) in [5.74, 6) is -0.517. The molecule has 1 fully saturated rings. The van der Waals surface area contributed by atoms with E-state index in [1.807, 2.05) is 31.2 Å². The smallest absolute Gasteiger partial charge is 0.220 e. The van der Waals surface area contributed by atoms with Crippen LogP contribution in [0, 0.1) is 12.8 Å². The third kappa shape index (κ3) is 3.58. The van der Waals surface area contributed by atoms with Crippen LogP contribution >= 0.6 is 0 Å². The SMILES string of the molecule is Cc1cccc(CS(=O)(=O)N2CCC(C(N)=O)CC2)c1. The van der Waals surface area contributed by atoms with Crippen LogP contribution in [-0.2, 0) is 20.6 Å². The summed E-state index contributed by atoms with van der Waals surface area (Å²) in [5, 5.41) is 0. The van der Waals surface area contributed by atoms with Gasteiger partial charge >= 0.3 is 0 Å². The molecule has 0 unspecified atom stereocenters. The van der Waals surface area contributed by atoms with E-state index in [9.17, 15) is 13.2 Å². The fraction of sp³-hybridized carbons (Fsp3) is 0.500. The van der Waals surface area contributed by atoms with Crippen molar-refractivity contribution < 1.29 is 13.2 Å². The third-order valence-corrected chi connectivity index (χ3v) is 5.53. The Hall–Kier alpha value is -1.40. The number of hydrogen-bond donors (Lipinski definition) is 1. The van der Waals surface area contributed by atoms with Crippen LogP contribution in [0.5, 0.6) is 0 Å². The molecule has 1 aromatic carbocycles. The number of rotatable bonds is 4. The molecule has 0 bridgehead atoms. The Morgan fingerprint density at radius 1 is 1.35 bits per heavy atom. The molecule has 0 atom stereocenters. The van der Waals surface area contributed by atoms with Crippen molar-refractivity contribution in [2.75, 3.05) is 13.1 Å². The molecule has 1 aliphatic rings. The van der Waals surface area contributed by atoms with Crippen molar-refractivity contribution in [2.24, 2.45) is 11.7 Å². The summed E-state index contributed by atoms with van der Waals surface area (Å²) in [6.45, 7) is 2.69. The van der Waals surface area contributed by atoms with Gasteiger partial charge in [-0.1, -0.05) is 29.8 Å². The highest BCUT2D eigenvalue weighted by Crippen LogP contribution is 2.21.